The van der Waals surface area contributed by atoms with Crippen LogP contribution in [0, 0.1) is 0 Å². The Morgan fingerprint density at radius 3 is 2.31 bits per heavy atom. The van der Waals surface area contributed by atoms with Crippen LogP contribution in [0.4, 0.5) is 5.82 Å². The van der Waals surface area contributed by atoms with Crippen molar-refractivity contribution in [3.05, 3.63) is 91.0 Å². The molecule has 6 heteroatoms. The number of para-hydroxylation sites is 3. The van der Waals surface area contributed by atoms with Crippen LogP contribution >= 0.6 is 0 Å². The lowest BCUT2D eigenvalue weighted by Crippen LogP contribution is -2.33. The Hall–Kier alpha value is -4.06. The van der Waals surface area contributed by atoms with Gasteiger partial charge in [-0.3, -0.25) is 4.79 Å². The highest BCUT2D eigenvalue weighted by Gasteiger charge is 2.22. The molecule has 0 spiro atoms. The highest BCUT2D eigenvalue weighted by Crippen LogP contribution is 2.31. The Labute approximate surface area is 187 Å². The zero-order valence-corrected chi connectivity index (χ0v) is 18.1. The van der Waals surface area contributed by atoms with Crippen LogP contribution in [0.15, 0.2) is 91.0 Å². The molecule has 0 aliphatic carbocycles. The molecule has 0 saturated carbocycles. The Morgan fingerprint density at radius 1 is 0.969 bits per heavy atom. The van der Waals surface area contributed by atoms with Gasteiger partial charge in [0.15, 0.2) is 6.10 Å². The van der Waals surface area contributed by atoms with E-state index < -0.39 is 6.10 Å². The first kappa shape index (κ1) is 21.2. The van der Waals surface area contributed by atoms with Crippen LogP contribution in [-0.4, -0.2) is 28.9 Å². The van der Waals surface area contributed by atoms with E-state index >= 15 is 0 Å². The van der Waals surface area contributed by atoms with Crippen molar-refractivity contribution < 1.29 is 14.3 Å². The van der Waals surface area contributed by atoms with Crippen molar-refractivity contribution in [2.75, 3.05) is 12.4 Å². The number of methoxy groups -OCH3 is 1. The summed E-state index contributed by atoms with van der Waals surface area (Å²) in [6, 6.07) is 28.5. The van der Waals surface area contributed by atoms with Crippen LogP contribution in [0.3, 0.4) is 0 Å². The molecule has 0 aliphatic rings. The fraction of sp³-hybridized carbons (Fsp3) is 0.154. The van der Waals surface area contributed by atoms with Gasteiger partial charge in [-0.15, -0.1) is 0 Å². The summed E-state index contributed by atoms with van der Waals surface area (Å²) in [7, 11) is 1.63. The number of ether oxygens (including phenoxy) is 2. The van der Waals surface area contributed by atoms with Gasteiger partial charge in [-0.1, -0.05) is 55.5 Å². The number of amides is 1. The predicted octanol–water partition coefficient (Wildman–Crippen LogP) is 5.34. The standard InChI is InChI=1S/C26H25N3O3/c1-3-23(32-20-14-8-5-9-15-20)26(30)27-25-18-22(21-16-10-11-17-24(21)31-2)28-29(25)19-12-6-4-7-13-19/h4-18,23H,3H2,1-2H3,(H,27,30)/t23-/m0/s1. The van der Waals surface area contributed by atoms with Crippen LogP contribution in [-0.2, 0) is 4.79 Å². The summed E-state index contributed by atoms with van der Waals surface area (Å²) in [5.41, 5.74) is 2.37. The van der Waals surface area contributed by atoms with E-state index in [2.05, 4.69) is 5.32 Å². The third-order valence-corrected chi connectivity index (χ3v) is 5.03. The van der Waals surface area contributed by atoms with Gasteiger partial charge in [0.05, 0.1) is 18.5 Å². The SMILES string of the molecule is CC[C@H](Oc1ccccc1)C(=O)Nc1cc(-c2ccccc2OC)nn1-c1ccccc1. The van der Waals surface area contributed by atoms with Crippen molar-refractivity contribution in [1.82, 2.24) is 9.78 Å². The van der Waals surface area contributed by atoms with Crippen molar-refractivity contribution >= 4 is 11.7 Å². The average molecular weight is 428 g/mol. The highest BCUT2D eigenvalue weighted by molar-refractivity contribution is 5.94. The van der Waals surface area contributed by atoms with Crippen molar-refractivity contribution in [2.24, 2.45) is 0 Å². The van der Waals surface area contributed by atoms with Crippen molar-refractivity contribution in [3.63, 3.8) is 0 Å². The molecule has 6 nitrogen and oxygen atoms in total. The average Bonchev–Trinajstić information content (AvgIpc) is 3.27. The number of hydrogen-bond donors (Lipinski definition) is 1. The zero-order chi connectivity index (χ0) is 22.3. The molecule has 32 heavy (non-hydrogen) atoms. The second kappa shape index (κ2) is 9.83. The molecule has 1 N–H and O–H groups in total. The minimum atomic E-state index is -0.633. The molecule has 4 aromatic rings. The van der Waals surface area contributed by atoms with Crippen LogP contribution in [0.1, 0.15) is 13.3 Å². The lowest BCUT2D eigenvalue weighted by atomic mass is 10.1. The quantitative estimate of drug-likeness (QED) is 0.412. The lowest BCUT2D eigenvalue weighted by molar-refractivity contribution is -0.122. The van der Waals surface area contributed by atoms with E-state index in [0.717, 1.165) is 11.3 Å². The maximum absolute atomic E-state index is 13.1. The number of carbonyl (C=O) groups excluding carboxylic acids is 1. The number of nitrogens with one attached hydrogen (secondary N) is 1. The Morgan fingerprint density at radius 2 is 1.62 bits per heavy atom. The van der Waals surface area contributed by atoms with Crippen molar-refractivity contribution in [2.45, 2.75) is 19.4 Å². The van der Waals surface area contributed by atoms with Crippen molar-refractivity contribution in [3.8, 4) is 28.4 Å². The van der Waals surface area contributed by atoms with Gasteiger partial charge in [-0.2, -0.15) is 5.10 Å². The molecule has 4 rings (SSSR count). The molecule has 0 saturated heterocycles. The molecule has 3 aromatic carbocycles. The molecule has 1 amide bonds. The summed E-state index contributed by atoms with van der Waals surface area (Å²) >= 11 is 0. The monoisotopic (exact) mass is 427 g/mol. The molecule has 162 valence electrons. The van der Waals surface area contributed by atoms with E-state index in [-0.39, 0.29) is 5.91 Å². The molecular formula is C26H25N3O3. The van der Waals surface area contributed by atoms with Crippen LogP contribution < -0.4 is 14.8 Å². The number of aromatic nitrogens is 2. The summed E-state index contributed by atoms with van der Waals surface area (Å²) < 4.78 is 13.1. The predicted molar refractivity (Wildman–Crippen MR) is 125 cm³/mol. The lowest BCUT2D eigenvalue weighted by Gasteiger charge is -2.17. The van der Waals surface area contributed by atoms with Crippen molar-refractivity contribution in [1.29, 1.82) is 0 Å². The Bertz CT molecular complexity index is 1170. The molecular weight excluding hydrogens is 402 g/mol. The minimum Gasteiger partial charge on any atom is -0.496 e. The molecule has 1 aromatic heterocycles. The zero-order valence-electron chi connectivity index (χ0n) is 18.1. The Balaban J connectivity index is 1.67. The topological polar surface area (TPSA) is 65.4 Å². The maximum atomic E-state index is 13.1. The highest BCUT2D eigenvalue weighted by atomic mass is 16.5. The molecule has 1 atom stereocenters. The second-order valence-corrected chi connectivity index (χ2v) is 7.18. The van der Waals surface area contributed by atoms with E-state index in [1.165, 1.54) is 0 Å². The number of nitrogens with zero attached hydrogens (tertiary/aromatic N) is 2. The number of rotatable bonds is 8. The molecule has 0 unspecified atom stereocenters. The van der Waals surface area contributed by atoms with Crippen LogP contribution in [0.2, 0.25) is 0 Å². The molecule has 0 aliphatic heterocycles. The van der Waals surface area contributed by atoms with E-state index in [9.17, 15) is 4.79 Å². The summed E-state index contributed by atoms with van der Waals surface area (Å²) in [4.78, 5) is 13.1. The first-order chi connectivity index (χ1) is 15.7. The summed E-state index contributed by atoms with van der Waals surface area (Å²) in [5, 5.41) is 7.77. The number of hydrogen-bond acceptors (Lipinski definition) is 4. The van der Waals surface area contributed by atoms with E-state index in [0.29, 0.717) is 29.4 Å². The minimum absolute atomic E-state index is 0.236. The van der Waals surface area contributed by atoms with Gasteiger partial charge in [-0.25, -0.2) is 4.68 Å². The van der Waals surface area contributed by atoms with E-state index in [1.807, 2.05) is 97.9 Å². The van der Waals surface area contributed by atoms with Crippen LogP contribution in [0.5, 0.6) is 11.5 Å². The maximum Gasteiger partial charge on any atom is 0.266 e. The van der Waals surface area contributed by atoms with Gasteiger partial charge >= 0.3 is 0 Å². The molecule has 0 bridgehead atoms. The van der Waals surface area contributed by atoms with Gasteiger partial charge in [0.1, 0.15) is 17.3 Å². The molecule has 1 heterocycles. The number of benzene rings is 3. The first-order valence-electron chi connectivity index (χ1n) is 10.5. The smallest absolute Gasteiger partial charge is 0.266 e. The third-order valence-electron chi connectivity index (χ3n) is 5.03. The van der Waals surface area contributed by atoms with E-state index in [4.69, 9.17) is 14.6 Å². The number of anilines is 1. The summed E-state index contributed by atoms with van der Waals surface area (Å²) in [5.74, 6) is 1.68. The largest absolute Gasteiger partial charge is 0.496 e. The van der Waals surface area contributed by atoms with Gasteiger partial charge in [0, 0.05) is 11.6 Å². The second-order valence-electron chi connectivity index (χ2n) is 7.18. The molecule has 0 radical (unpaired) electrons. The van der Waals surface area contributed by atoms with Crippen LogP contribution in [0.25, 0.3) is 16.9 Å². The first-order valence-corrected chi connectivity index (χ1v) is 10.5. The van der Waals surface area contributed by atoms with Gasteiger partial charge in [-0.05, 0) is 42.8 Å². The Kier molecular flexibility index (Phi) is 6.51. The summed E-state index contributed by atoms with van der Waals surface area (Å²) in [6.45, 7) is 1.92. The fourth-order valence-electron chi connectivity index (χ4n) is 3.42. The molecule has 0 fully saturated rings. The van der Waals surface area contributed by atoms with Gasteiger partial charge < -0.3 is 14.8 Å². The normalized spacial score (nSPS) is 11.6. The van der Waals surface area contributed by atoms with Gasteiger partial charge in [0.2, 0.25) is 0 Å². The number of carbonyl (C=O) groups is 1. The van der Waals surface area contributed by atoms with E-state index in [1.54, 1.807) is 11.8 Å². The van der Waals surface area contributed by atoms with Gasteiger partial charge in [0.25, 0.3) is 5.91 Å². The third kappa shape index (κ3) is 4.64. The summed E-state index contributed by atoms with van der Waals surface area (Å²) in [6.07, 6.45) is -0.106. The fourth-order valence-corrected chi connectivity index (χ4v) is 3.42.